The second-order valence-electron chi connectivity index (χ2n) is 31.1. The van der Waals surface area contributed by atoms with Crippen LogP contribution >= 0.6 is 21.6 Å². The van der Waals surface area contributed by atoms with E-state index < -0.39 is 187 Å². The van der Waals surface area contributed by atoms with Crippen molar-refractivity contribution in [3.63, 3.8) is 0 Å². The van der Waals surface area contributed by atoms with Gasteiger partial charge in [-0.25, -0.2) is 4.79 Å². The number of rotatable bonds is 41. The molecule has 0 aliphatic rings. The SMILES string of the molecule is CCSSCCC(=O)N[C@@H](C)C(=O)NC(C)(C)C(=O)N[C@@H](CC(C)C)C(=O)NC(C)(C)C(=O)N[C@@H](C)C(=O)NC(C)(C)C(=O)N[C@@H](C)C(=O)NC(C)(C)C(=O)N[C@@H](C)C(=O)NC(C)(C)C(=O)N[C@@H](C)C(=O)NC(C)(C)C(=O)N[C@@H](C)C(=O)NC(C)(C)C(=O)N[C@@H](C)C(=O)NC(C)(C)C(=O)OCc1ccccc1. The lowest BCUT2D eigenvalue weighted by molar-refractivity contribution is -0.153. The molecule has 0 unspecified atom stereocenters. The molecule has 0 heterocycles. The summed E-state index contributed by atoms with van der Waals surface area (Å²) in [7, 11) is 3.14. The van der Waals surface area contributed by atoms with Crippen LogP contribution in [-0.4, -0.2) is 205 Å². The molecule has 0 aliphatic carbocycles. The van der Waals surface area contributed by atoms with E-state index in [9.17, 15) is 81.5 Å². The number of hydrogen-bond acceptors (Lipinski definition) is 20. The molecule has 16 N–H and O–H groups in total. The molecule has 0 spiro atoms. The Bertz CT molecular complexity index is 3430. The fourth-order valence-corrected chi connectivity index (χ4v) is 10.7. The van der Waals surface area contributed by atoms with Gasteiger partial charge in [-0.15, -0.1) is 0 Å². The number of nitrogens with one attached hydrogen (secondary N) is 16. The van der Waals surface area contributed by atoms with Crippen molar-refractivity contribution < 1.29 is 86.2 Å². The van der Waals surface area contributed by atoms with Crippen molar-refractivity contribution in [3.8, 4) is 0 Å². The van der Waals surface area contributed by atoms with E-state index in [0.717, 1.165) is 11.3 Å². The van der Waals surface area contributed by atoms with E-state index in [1.165, 1.54) is 170 Å². The van der Waals surface area contributed by atoms with Crippen molar-refractivity contribution in [2.75, 3.05) is 11.5 Å². The van der Waals surface area contributed by atoms with Crippen molar-refractivity contribution in [1.29, 1.82) is 0 Å². The molecule has 0 bridgehead atoms. The molecule has 1 aromatic rings. The molecular weight excluding hydrogens is 1430 g/mol. The van der Waals surface area contributed by atoms with Gasteiger partial charge in [-0.05, 0) is 177 Å². The Labute approximate surface area is 635 Å². The highest BCUT2D eigenvalue weighted by atomic mass is 33.1. The lowest BCUT2D eigenvalue weighted by Gasteiger charge is -2.33. The molecule has 0 aromatic heterocycles. The Morgan fingerprint density at radius 3 is 0.832 bits per heavy atom. The first-order valence-corrected chi connectivity index (χ1v) is 37.7. The van der Waals surface area contributed by atoms with Crippen molar-refractivity contribution in [2.45, 2.75) is 292 Å². The first kappa shape index (κ1) is 95.9. The average Bonchev–Trinajstić information content (AvgIpc) is 0.835. The number of carbonyl (C=O) groups is 17. The van der Waals surface area contributed by atoms with E-state index >= 15 is 0 Å². The zero-order valence-corrected chi connectivity index (χ0v) is 68.4. The fraction of sp³-hybridized carbons (Fsp3) is 0.676. The van der Waals surface area contributed by atoms with Crippen LogP contribution in [0.2, 0.25) is 0 Å². The minimum Gasteiger partial charge on any atom is -0.459 e. The van der Waals surface area contributed by atoms with E-state index in [0.29, 0.717) is 5.75 Å². The zero-order chi connectivity index (χ0) is 83.1. The molecule has 0 aliphatic heterocycles. The lowest BCUT2D eigenvalue weighted by Crippen LogP contribution is -2.65. The Kier molecular flexibility index (Phi) is 36.0. The van der Waals surface area contributed by atoms with Crippen LogP contribution in [0.4, 0.5) is 0 Å². The van der Waals surface area contributed by atoms with E-state index in [1.807, 2.05) is 13.0 Å². The van der Waals surface area contributed by atoms with Crippen LogP contribution in [0, 0.1) is 5.92 Å². The summed E-state index contributed by atoms with van der Waals surface area (Å²) in [6.07, 6.45) is 0.309. The predicted octanol–water partition coefficient (Wildman–Crippen LogP) is -0.257. The third-order valence-corrected chi connectivity index (χ3v) is 18.8. The standard InChI is InChI=1S/C71H118N16O18S2/c1-27-106-107-34-33-47(88)72-38(4)48(89)80-70(23,24)62(103)79-46(35-37(2)3)55(96)87-69(21,22)61(102)77-43(9)53(94)85-67(17,18)59(100)75-41(7)51(92)83-65(13,14)57(98)73-39(5)49(90)81-64(11,12)56(97)74-40(6)50(91)82-66(15,16)58(99)76-42(8)52(93)84-68(19,20)60(101)78-44(10)54(95)86-71(25,26)63(104)105-36-45-31-29-28-30-32-45/h28-32,37-44,46H,27,33-36H2,1-26H3,(H,72,88)(H,73,98)(H,74,97)(H,75,100)(H,76,99)(H,77,102)(H,78,101)(H,79,103)(H,80,89)(H,81,90)(H,82,91)(H,83,92)(H,84,93)(H,85,94)(H,86,95)(H,87,96)/t38-,39-,40-,41-,42-,43-,44-,46-/m0/s1. The van der Waals surface area contributed by atoms with Crippen LogP contribution in [0.5, 0.6) is 0 Å². The summed E-state index contributed by atoms with van der Waals surface area (Å²) >= 11 is 0. The van der Waals surface area contributed by atoms with Crippen LogP contribution in [0.1, 0.15) is 198 Å². The molecule has 34 nitrogen and oxygen atoms in total. The predicted molar refractivity (Wildman–Crippen MR) is 404 cm³/mol. The van der Waals surface area contributed by atoms with Gasteiger partial charge in [0, 0.05) is 17.9 Å². The van der Waals surface area contributed by atoms with Gasteiger partial charge < -0.3 is 89.8 Å². The number of carbonyl (C=O) groups excluding carboxylic acids is 17. The summed E-state index contributed by atoms with van der Waals surface area (Å²) in [6, 6.07) is -1.05. The second kappa shape index (κ2) is 40.2. The smallest absolute Gasteiger partial charge is 0.331 e. The molecule has 0 fully saturated rings. The van der Waals surface area contributed by atoms with Crippen molar-refractivity contribution in [2.24, 2.45) is 5.92 Å². The largest absolute Gasteiger partial charge is 0.459 e. The summed E-state index contributed by atoms with van der Waals surface area (Å²) in [4.78, 5) is 227. The summed E-state index contributed by atoms with van der Waals surface area (Å²) in [5.74, 6) is -11.9. The third kappa shape index (κ3) is 31.7. The van der Waals surface area contributed by atoms with Gasteiger partial charge in [0.25, 0.3) is 0 Å². The number of esters is 1. The van der Waals surface area contributed by atoms with Gasteiger partial charge >= 0.3 is 5.97 Å². The molecule has 107 heavy (non-hydrogen) atoms. The Morgan fingerprint density at radius 2 is 0.570 bits per heavy atom. The van der Waals surface area contributed by atoms with Crippen LogP contribution < -0.4 is 85.1 Å². The van der Waals surface area contributed by atoms with E-state index in [1.54, 1.807) is 48.9 Å². The molecule has 0 radical (unpaired) electrons. The van der Waals surface area contributed by atoms with Crippen LogP contribution in [-0.2, 0) is 92.9 Å². The normalized spacial score (nSPS) is 14.4. The van der Waals surface area contributed by atoms with Crippen molar-refractivity contribution in [3.05, 3.63) is 35.9 Å². The lowest BCUT2D eigenvalue weighted by atomic mass is 9.97. The van der Waals surface area contributed by atoms with E-state index in [-0.39, 0.29) is 31.3 Å². The quantitative estimate of drug-likeness (QED) is 0.0228. The van der Waals surface area contributed by atoms with Gasteiger partial charge in [0.15, 0.2) is 0 Å². The van der Waals surface area contributed by atoms with Gasteiger partial charge in [0.1, 0.15) is 99.3 Å². The minimum absolute atomic E-state index is 0.0287. The van der Waals surface area contributed by atoms with Crippen LogP contribution in [0.15, 0.2) is 30.3 Å². The van der Waals surface area contributed by atoms with Crippen molar-refractivity contribution in [1.82, 2.24) is 85.1 Å². The Balaban J connectivity index is 2.84. The van der Waals surface area contributed by atoms with Gasteiger partial charge in [-0.2, -0.15) is 0 Å². The van der Waals surface area contributed by atoms with Crippen LogP contribution in [0.3, 0.4) is 0 Å². The maximum atomic E-state index is 13.8. The molecular formula is C71H118N16O18S2. The van der Waals surface area contributed by atoms with Crippen molar-refractivity contribution >= 4 is 122 Å². The van der Waals surface area contributed by atoms with E-state index in [2.05, 4.69) is 85.1 Å². The Morgan fingerprint density at radius 1 is 0.327 bits per heavy atom. The molecule has 1 rings (SSSR count). The molecule has 8 atom stereocenters. The van der Waals surface area contributed by atoms with Crippen LogP contribution in [0.25, 0.3) is 0 Å². The molecule has 36 heteroatoms. The van der Waals surface area contributed by atoms with E-state index in [4.69, 9.17) is 4.74 Å². The highest BCUT2D eigenvalue weighted by Crippen LogP contribution is 2.21. The minimum atomic E-state index is -1.74. The maximum Gasteiger partial charge on any atom is 0.331 e. The number of benzene rings is 1. The second-order valence-corrected chi connectivity index (χ2v) is 33.9. The topological polar surface area (TPSA) is 492 Å². The summed E-state index contributed by atoms with van der Waals surface area (Å²) < 4.78 is 5.36. The number of hydrogen-bond donors (Lipinski definition) is 16. The molecule has 0 saturated carbocycles. The van der Waals surface area contributed by atoms with Gasteiger partial charge in [-0.3, -0.25) is 76.7 Å². The molecule has 16 amide bonds. The van der Waals surface area contributed by atoms with Gasteiger partial charge in [0.05, 0.1) is 0 Å². The average molecular weight is 1550 g/mol. The number of ether oxygens (including phenoxy) is 1. The highest BCUT2D eigenvalue weighted by molar-refractivity contribution is 8.76. The Hall–Kier alpha value is -9.09. The summed E-state index contributed by atoms with van der Waals surface area (Å²) in [5.41, 5.74) is -12.6. The first-order chi connectivity index (χ1) is 48.7. The zero-order valence-electron chi connectivity index (χ0n) is 66.8. The van der Waals surface area contributed by atoms with Gasteiger partial charge in [-0.1, -0.05) is 72.7 Å². The molecule has 1 aromatic carbocycles. The third-order valence-electron chi connectivity index (χ3n) is 16.3. The first-order valence-electron chi connectivity index (χ1n) is 35.2. The molecule has 602 valence electrons. The fourth-order valence-electron chi connectivity index (χ4n) is 9.01. The summed E-state index contributed by atoms with van der Waals surface area (Å²) in [6.45, 7) is 36.7. The molecule has 0 saturated heterocycles. The highest BCUT2D eigenvalue weighted by Gasteiger charge is 2.43. The number of amides is 16. The summed E-state index contributed by atoms with van der Waals surface area (Å²) in [5, 5.41) is 40.5. The van der Waals surface area contributed by atoms with Gasteiger partial charge in [0.2, 0.25) is 94.5 Å². The maximum absolute atomic E-state index is 13.8. The monoisotopic (exact) mass is 1550 g/mol.